The predicted molar refractivity (Wildman–Crippen MR) is 135 cm³/mol. The number of aryl methyl sites for hydroxylation is 1. The molecule has 0 aliphatic heterocycles. The summed E-state index contributed by atoms with van der Waals surface area (Å²) in [6.45, 7) is 0.401. The van der Waals surface area contributed by atoms with Gasteiger partial charge in [-0.15, -0.1) is 0 Å². The van der Waals surface area contributed by atoms with Gasteiger partial charge in [0.25, 0.3) is 0 Å². The highest BCUT2D eigenvalue weighted by Gasteiger charge is 2.07. The van der Waals surface area contributed by atoms with Gasteiger partial charge in [0.1, 0.15) is 11.3 Å². The number of nitrogens with one attached hydrogen (secondary N) is 2. The third-order valence-corrected chi connectivity index (χ3v) is 5.70. The second-order valence-electron chi connectivity index (χ2n) is 7.42. The van der Waals surface area contributed by atoms with E-state index in [0.29, 0.717) is 47.0 Å². The summed E-state index contributed by atoms with van der Waals surface area (Å²) >= 11 is 1.31. The third kappa shape index (κ3) is 5.93. The lowest BCUT2D eigenvalue weighted by Gasteiger charge is -2.08. The Labute approximate surface area is 195 Å². The smallest absolute Gasteiger partial charge is 0.224 e. The number of amides is 1. The first-order chi connectivity index (χ1) is 16.0. The Morgan fingerprint density at radius 2 is 1.85 bits per heavy atom. The van der Waals surface area contributed by atoms with E-state index in [1.807, 2.05) is 54.6 Å². The molecule has 33 heavy (non-hydrogen) atoms. The quantitative estimate of drug-likeness (QED) is 0.218. The number of benzene rings is 3. The van der Waals surface area contributed by atoms with Gasteiger partial charge in [0.15, 0.2) is 5.13 Å². The summed E-state index contributed by atoms with van der Waals surface area (Å²) in [5.74, 6) is 6.08. The number of hydrogen-bond donors (Lipinski definition) is 5. The van der Waals surface area contributed by atoms with Gasteiger partial charge in [-0.1, -0.05) is 41.4 Å². The van der Waals surface area contributed by atoms with Crippen molar-refractivity contribution >= 4 is 49.7 Å². The van der Waals surface area contributed by atoms with Gasteiger partial charge in [0.2, 0.25) is 5.91 Å². The number of carbonyl (C=O) groups is 1. The Bertz CT molecular complexity index is 1350. The lowest BCUT2D eigenvalue weighted by molar-refractivity contribution is -0.116. The van der Waals surface area contributed by atoms with Crippen LogP contribution in [0.2, 0.25) is 0 Å². The third-order valence-electron chi connectivity index (χ3n) is 4.87. The number of carbonyl (C=O) groups excluding carboxylic acids is 1. The van der Waals surface area contributed by atoms with Crippen molar-refractivity contribution < 1.29 is 9.90 Å². The zero-order chi connectivity index (χ0) is 23.2. The maximum Gasteiger partial charge on any atom is 0.224 e. The Balaban J connectivity index is 1.30. The number of fused-ring (bicyclic) bond motifs is 1. The molecule has 0 aliphatic rings. The zero-order valence-electron chi connectivity index (χ0n) is 17.8. The van der Waals surface area contributed by atoms with E-state index in [-0.39, 0.29) is 11.7 Å². The van der Waals surface area contributed by atoms with Crippen molar-refractivity contribution in [2.45, 2.75) is 12.8 Å². The van der Waals surface area contributed by atoms with Gasteiger partial charge in [-0.3, -0.25) is 4.79 Å². The highest BCUT2D eigenvalue weighted by atomic mass is 32.1. The molecule has 0 bridgehead atoms. The molecule has 1 aromatic heterocycles. The number of aromatic nitrogens is 1. The zero-order valence-corrected chi connectivity index (χ0v) is 18.6. The van der Waals surface area contributed by atoms with Crippen LogP contribution < -0.4 is 22.1 Å². The molecule has 1 heterocycles. The molecule has 0 saturated heterocycles. The number of phenols is 1. The second kappa shape index (κ2) is 9.94. The molecule has 0 aliphatic carbocycles. The molecule has 4 rings (SSSR count). The summed E-state index contributed by atoms with van der Waals surface area (Å²) in [5, 5.41) is 16.6. The van der Waals surface area contributed by atoms with E-state index in [9.17, 15) is 9.90 Å². The Morgan fingerprint density at radius 3 is 2.67 bits per heavy atom. The van der Waals surface area contributed by atoms with Gasteiger partial charge in [0, 0.05) is 29.0 Å². The lowest BCUT2D eigenvalue weighted by Crippen LogP contribution is -2.12. The highest BCUT2D eigenvalue weighted by Crippen LogP contribution is 2.31. The monoisotopic (exact) mass is 457 g/mol. The van der Waals surface area contributed by atoms with Gasteiger partial charge in [-0.05, 0) is 54.4 Å². The minimum atomic E-state index is -0.0531. The number of aromatic hydroxyl groups is 1. The van der Waals surface area contributed by atoms with Crippen molar-refractivity contribution in [2.24, 2.45) is 0 Å². The van der Waals surface area contributed by atoms with Crippen molar-refractivity contribution in [1.82, 2.24) is 4.98 Å². The highest BCUT2D eigenvalue weighted by molar-refractivity contribution is 7.22. The summed E-state index contributed by atoms with van der Waals surface area (Å²) in [6.07, 6.45) is 1.03. The van der Waals surface area contributed by atoms with Crippen LogP contribution in [0, 0.1) is 11.8 Å². The SMILES string of the molecule is Nc1ccc(CCC(=O)Nc2cccc(NCC#Cc3cc(O)c4nc(N)sc4c3)c2)cc1. The van der Waals surface area contributed by atoms with Gasteiger partial charge < -0.3 is 27.2 Å². The molecule has 0 saturated carbocycles. The predicted octanol–water partition coefficient (Wildman–Crippen LogP) is 4.20. The number of hydrogen-bond acceptors (Lipinski definition) is 7. The first-order valence-electron chi connectivity index (χ1n) is 10.3. The molecule has 0 atom stereocenters. The van der Waals surface area contributed by atoms with Crippen molar-refractivity contribution in [2.75, 3.05) is 28.6 Å². The number of phenolic OH excluding ortho intramolecular Hbond substituents is 1. The fourth-order valence-corrected chi connectivity index (χ4v) is 4.06. The standard InChI is InChI=1S/C25H23N5O2S/c26-18-9-6-16(7-10-18)8-11-23(32)29-20-5-1-4-19(15-20)28-12-2-3-17-13-21(31)24-22(14-17)33-25(27)30-24/h1,4-7,9-10,13-15,28,31H,8,11-12,26H2,(H2,27,30)(H,29,32). The fourth-order valence-electron chi connectivity index (χ4n) is 3.27. The second-order valence-corrected chi connectivity index (χ2v) is 8.48. The van der Waals surface area contributed by atoms with Crippen LogP contribution in [0.3, 0.4) is 0 Å². The first-order valence-corrected chi connectivity index (χ1v) is 11.1. The Kier molecular flexibility index (Phi) is 6.62. The van der Waals surface area contributed by atoms with Crippen LogP contribution in [0.25, 0.3) is 10.2 Å². The van der Waals surface area contributed by atoms with Crippen molar-refractivity contribution in [1.29, 1.82) is 0 Å². The number of thiazole rings is 1. The van der Waals surface area contributed by atoms with E-state index in [4.69, 9.17) is 11.5 Å². The number of nitrogens with two attached hydrogens (primary N) is 2. The van der Waals surface area contributed by atoms with E-state index in [1.54, 1.807) is 6.07 Å². The van der Waals surface area contributed by atoms with Crippen LogP contribution in [0.15, 0.2) is 60.7 Å². The molecule has 0 radical (unpaired) electrons. The van der Waals surface area contributed by atoms with Crippen LogP contribution in [-0.4, -0.2) is 22.5 Å². The van der Waals surface area contributed by atoms with Gasteiger partial charge in [0.05, 0.1) is 11.2 Å². The van der Waals surface area contributed by atoms with Gasteiger partial charge >= 0.3 is 0 Å². The summed E-state index contributed by atoms with van der Waals surface area (Å²) < 4.78 is 0.796. The topological polar surface area (TPSA) is 126 Å². The van der Waals surface area contributed by atoms with E-state index in [0.717, 1.165) is 16.0 Å². The van der Waals surface area contributed by atoms with Crippen molar-refractivity contribution in [3.8, 4) is 17.6 Å². The average molecular weight is 458 g/mol. The molecule has 8 heteroatoms. The maximum absolute atomic E-state index is 12.3. The van der Waals surface area contributed by atoms with Crippen LogP contribution in [0.4, 0.5) is 22.2 Å². The molecule has 1 amide bonds. The minimum Gasteiger partial charge on any atom is -0.506 e. The van der Waals surface area contributed by atoms with Crippen LogP contribution >= 0.6 is 11.3 Å². The molecule has 4 aromatic rings. The fraction of sp³-hybridized carbons (Fsp3) is 0.120. The largest absolute Gasteiger partial charge is 0.506 e. The number of anilines is 4. The van der Waals surface area contributed by atoms with E-state index < -0.39 is 0 Å². The molecular weight excluding hydrogens is 434 g/mol. The molecule has 0 fully saturated rings. The molecule has 0 spiro atoms. The van der Waals surface area contributed by atoms with E-state index in [1.165, 1.54) is 11.3 Å². The number of rotatable bonds is 6. The Hall–Kier alpha value is -4.22. The molecule has 7 N–H and O–H groups in total. The molecule has 7 nitrogen and oxygen atoms in total. The molecule has 0 unspecified atom stereocenters. The number of nitrogen functional groups attached to an aromatic ring is 2. The van der Waals surface area contributed by atoms with E-state index in [2.05, 4.69) is 27.5 Å². The maximum atomic E-state index is 12.3. The molecular formula is C25H23N5O2S. The lowest BCUT2D eigenvalue weighted by atomic mass is 10.1. The summed E-state index contributed by atoms with van der Waals surface area (Å²) in [5.41, 5.74) is 15.9. The summed E-state index contributed by atoms with van der Waals surface area (Å²) in [4.78, 5) is 16.4. The minimum absolute atomic E-state index is 0.0531. The number of nitrogens with zero attached hydrogens (tertiary/aromatic N) is 1. The van der Waals surface area contributed by atoms with Crippen molar-refractivity contribution in [3.05, 3.63) is 71.8 Å². The van der Waals surface area contributed by atoms with Gasteiger partial charge in [-0.2, -0.15) is 0 Å². The average Bonchev–Trinajstić information content (AvgIpc) is 3.17. The first kappa shape index (κ1) is 22.0. The van der Waals surface area contributed by atoms with Crippen LogP contribution in [-0.2, 0) is 11.2 Å². The van der Waals surface area contributed by atoms with Crippen LogP contribution in [0.5, 0.6) is 5.75 Å². The normalized spacial score (nSPS) is 10.4. The Morgan fingerprint density at radius 1 is 1.06 bits per heavy atom. The van der Waals surface area contributed by atoms with Crippen molar-refractivity contribution in [3.63, 3.8) is 0 Å². The van der Waals surface area contributed by atoms with Crippen LogP contribution in [0.1, 0.15) is 17.5 Å². The van der Waals surface area contributed by atoms with Gasteiger partial charge in [-0.25, -0.2) is 4.98 Å². The summed E-state index contributed by atoms with van der Waals surface area (Å²) in [7, 11) is 0. The molecule has 166 valence electrons. The van der Waals surface area contributed by atoms with E-state index >= 15 is 0 Å². The summed E-state index contributed by atoms with van der Waals surface area (Å²) in [6, 6.07) is 18.4. The molecule has 3 aromatic carbocycles.